The second-order valence-electron chi connectivity index (χ2n) is 7.11. The van der Waals surface area contributed by atoms with E-state index in [9.17, 15) is 4.79 Å². The van der Waals surface area contributed by atoms with Crippen molar-refractivity contribution in [1.29, 1.82) is 0 Å². The van der Waals surface area contributed by atoms with Gasteiger partial charge < -0.3 is 10.6 Å². The van der Waals surface area contributed by atoms with Gasteiger partial charge in [-0.3, -0.25) is 4.79 Å². The van der Waals surface area contributed by atoms with Crippen LogP contribution >= 0.6 is 0 Å². The Morgan fingerprint density at radius 3 is 2.35 bits per heavy atom. The molecule has 3 heteroatoms. The Morgan fingerprint density at radius 1 is 1.24 bits per heavy atom. The number of nitrogens with one attached hydrogen (secondary N) is 2. The number of carbonyl (C=O) groups is 1. The van der Waals surface area contributed by atoms with Gasteiger partial charge in [0.2, 0.25) is 5.91 Å². The number of rotatable bonds is 3. The molecule has 1 rings (SSSR count). The Morgan fingerprint density at radius 2 is 1.88 bits per heavy atom. The Labute approximate surface area is 106 Å². The van der Waals surface area contributed by atoms with E-state index in [-0.39, 0.29) is 22.9 Å². The van der Waals surface area contributed by atoms with Crippen molar-refractivity contribution in [1.82, 2.24) is 10.6 Å². The molecule has 1 amide bonds. The van der Waals surface area contributed by atoms with Crippen LogP contribution in [0.3, 0.4) is 0 Å². The molecule has 1 atom stereocenters. The average molecular weight is 240 g/mol. The number of carbonyl (C=O) groups excluding carboxylic acids is 1. The van der Waals surface area contributed by atoms with Crippen molar-refractivity contribution in [3.63, 3.8) is 0 Å². The molecule has 0 aromatic rings. The number of hydrogen-bond donors (Lipinski definition) is 2. The van der Waals surface area contributed by atoms with Crippen molar-refractivity contribution in [3.8, 4) is 0 Å². The molecule has 17 heavy (non-hydrogen) atoms. The molecule has 1 heterocycles. The molecule has 100 valence electrons. The second-order valence-corrected chi connectivity index (χ2v) is 7.11. The summed E-state index contributed by atoms with van der Waals surface area (Å²) in [6.07, 6.45) is 4.30. The van der Waals surface area contributed by atoms with Crippen molar-refractivity contribution in [2.24, 2.45) is 5.41 Å². The molecule has 0 aromatic carbocycles. The predicted octanol–water partition coefficient (Wildman–Crippen LogP) is 2.46. The largest absolute Gasteiger partial charge is 0.350 e. The van der Waals surface area contributed by atoms with E-state index in [1.807, 2.05) is 0 Å². The first-order chi connectivity index (χ1) is 7.70. The number of piperidine rings is 1. The van der Waals surface area contributed by atoms with E-state index in [2.05, 4.69) is 45.3 Å². The topological polar surface area (TPSA) is 41.1 Å². The van der Waals surface area contributed by atoms with Crippen LogP contribution in [-0.4, -0.2) is 24.0 Å². The van der Waals surface area contributed by atoms with Crippen LogP contribution in [0.1, 0.15) is 60.3 Å². The summed E-state index contributed by atoms with van der Waals surface area (Å²) in [5, 5.41) is 6.47. The SMILES string of the molecule is CC(C)(C)CC(C)(C)NC(=O)[C@H]1CCCCN1. The molecule has 0 bridgehead atoms. The van der Waals surface area contributed by atoms with Crippen LogP contribution in [0.15, 0.2) is 0 Å². The summed E-state index contributed by atoms with van der Waals surface area (Å²) in [4.78, 5) is 12.1. The van der Waals surface area contributed by atoms with Crippen LogP contribution < -0.4 is 10.6 Å². The molecule has 2 N–H and O–H groups in total. The fourth-order valence-electron chi connectivity index (χ4n) is 2.87. The summed E-state index contributed by atoms with van der Waals surface area (Å²) in [5.74, 6) is 0.166. The molecule has 1 saturated heterocycles. The minimum Gasteiger partial charge on any atom is -0.350 e. The Hall–Kier alpha value is -0.570. The average Bonchev–Trinajstić information content (AvgIpc) is 2.14. The van der Waals surface area contributed by atoms with E-state index in [4.69, 9.17) is 0 Å². The number of hydrogen-bond acceptors (Lipinski definition) is 2. The lowest BCUT2D eigenvalue weighted by Crippen LogP contribution is -2.54. The summed E-state index contributed by atoms with van der Waals surface area (Å²) >= 11 is 0. The maximum Gasteiger partial charge on any atom is 0.237 e. The predicted molar refractivity (Wildman–Crippen MR) is 71.9 cm³/mol. The molecule has 0 saturated carbocycles. The first-order valence-electron chi connectivity index (χ1n) is 6.75. The Kier molecular flexibility index (Phi) is 4.59. The van der Waals surface area contributed by atoms with Crippen LogP contribution in [0.25, 0.3) is 0 Å². The molecule has 1 fully saturated rings. The zero-order valence-corrected chi connectivity index (χ0v) is 12.0. The third-order valence-electron chi connectivity index (χ3n) is 3.06. The van der Waals surface area contributed by atoms with Gasteiger partial charge in [-0.25, -0.2) is 0 Å². The van der Waals surface area contributed by atoms with Crippen LogP contribution in [0.5, 0.6) is 0 Å². The highest BCUT2D eigenvalue weighted by molar-refractivity contribution is 5.82. The van der Waals surface area contributed by atoms with Crippen molar-refractivity contribution < 1.29 is 4.79 Å². The van der Waals surface area contributed by atoms with Gasteiger partial charge in [0.1, 0.15) is 0 Å². The van der Waals surface area contributed by atoms with Gasteiger partial charge in [-0.1, -0.05) is 27.2 Å². The molecule has 0 aliphatic carbocycles. The first-order valence-corrected chi connectivity index (χ1v) is 6.75. The van der Waals surface area contributed by atoms with E-state index in [0.29, 0.717) is 0 Å². The standard InChI is InChI=1S/C14H28N2O/c1-13(2,3)10-14(4,5)16-12(17)11-8-6-7-9-15-11/h11,15H,6-10H2,1-5H3,(H,16,17)/t11-/m1/s1. The lowest BCUT2D eigenvalue weighted by Gasteiger charge is -2.35. The number of amides is 1. The lowest BCUT2D eigenvalue weighted by molar-refractivity contribution is -0.125. The normalized spacial score (nSPS) is 22.3. The van der Waals surface area contributed by atoms with Crippen molar-refractivity contribution in [3.05, 3.63) is 0 Å². The molecule has 0 aromatic heterocycles. The minimum absolute atomic E-state index is 0.0167. The van der Waals surface area contributed by atoms with E-state index in [0.717, 1.165) is 25.8 Å². The zero-order valence-electron chi connectivity index (χ0n) is 12.0. The smallest absolute Gasteiger partial charge is 0.237 e. The van der Waals surface area contributed by atoms with Gasteiger partial charge in [0, 0.05) is 5.54 Å². The molecule has 0 spiro atoms. The summed E-state index contributed by atoms with van der Waals surface area (Å²) in [6, 6.07) is 0.0167. The summed E-state index contributed by atoms with van der Waals surface area (Å²) in [6.45, 7) is 11.8. The lowest BCUT2D eigenvalue weighted by atomic mass is 9.81. The van der Waals surface area contributed by atoms with E-state index < -0.39 is 0 Å². The molecule has 1 aliphatic rings. The molecule has 0 unspecified atom stereocenters. The maximum absolute atomic E-state index is 12.1. The highest BCUT2D eigenvalue weighted by Crippen LogP contribution is 2.27. The van der Waals surface area contributed by atoms with Gasteiger partial charge in [-0.15, -0.1) is 0 Å². The van der Waals surface area contributed by atoms with Gasteiger partial charge in [0.25, 0.3) is 0 Å². The van der Waals surface area contributed by atoms with Crippen molar-refractivity contribution in [2.45, 2.75) is 71.9 Å². The minimum atomic E-state index is -0.130. The zero-order chi connectivity index (χ0) is 13.1. The Bertz CT molecular complexity index is 260. The van der Waals surface area contributed by atoms with Crippen molar-refractivity contribution in [2.75, 3.05) is 6.54 Å². The summed E-state index contributed by atoms with van der Waals surface area (Å²) in [7, 11) is 0. The molecule has 3 nitrogen and oxygen atoms in total. The third-order valence-corrected chi connectivity index (χ3v) is 3.06. The Balaban J connectivity index is 2.48. The van der Waals surface area contributed by atoms with Crippen LogP contribution in [-0.2, 0) is 4.79 Å². The monoisotopic (exact) mass is 240 g/mol. The van der Waals surface area contributed by atoms with Gasteiger partial charge in [-0.2, -0.15) is 0 Å². The summed E-state index contributed by atoms with van der Waals surface area (Å²) < 4.78 is 0. The molecule has 0 radical (unpaired) electrons. The maximum atomic E-state index is 12.1. The van der Waals surface area contributed by atoms with Gasteiger partial charge in [0.15, 0.2) is 0 Å². The first kappa shape index (κ1) is 14.5. The van der Waals surface area contributed by atoms with E-state index in [1.165, 1.54) is 6.42 Å². The highest BCUT2D eigenvalue weighted by Gasteiger charge is 2.30. The highest BCUT2D eigenvalue weighted by atomic mass is 16.2. The molecular formula is C14H28N2O. The molecular weight excluding hydrogens is 212 g/mol. The van der Waals surface area contributed by atoms with Crippen LogP contribution in [0.2, 0.25) is 0 Å². The van der Waals surface area contributed by atoms with Gasteiger partial charge in [0.05, 0.1) is 6.04 Å². The fraction of sp³-hybridized carbons (Fsp3) is 0.929. The van der Waals surface area contributed by atoms with Crippen LogP contribution in [0, 0.1) is 5.41 Å². The van der Waals surface area contributed by atoms with Crippen LogP contribution in [0.4, 0.5) is 0 Å². The summed E-state index contributed by atoms with van der Waals surface area (Å²) in [5.41, 5.74) is 0.102. The third kappa shape index (κ3) is 5.53. The van der Waals surface area contributed by atoms with E-state index in [1.54, 1.807) is 0 Å². The van der Waals surface area contributed by atoms with Gasteiger partial charge >= 0.3 is 0 Å². The second kappa shape index (κ2) is 5.38. The quantitative estimate of drug-likeness (QED) is 0.795. The van der Waals surface area contributed by atoms with E-state index >= 15 is 0 Å². The van der Waals surface area contributed by atoms with Gasteiger partial charge in [-0.05, 0) is 45.1 Å². The van der Waals surface area contributed by atoms with Crippen molar-refractivity contribution >= 4 is 5.91 Å². The fourth-order valence-corrected chi connectivity index (χ4v) is 2.87. The molecule has 1 aliphatic heterocycles.